The lowest BCUT2D eigenvalue weighted by Gasteiger charge is -2.38. The van der Waals surface area contributed by atoms with Crippen molar-refractivity contribution >= 4 is 11.8 Å². The molecule has 0 radical (unpaired) electrons. The van der Waals surface area contributed by atoms with Crippen LogP contribution in [0.2, 0.25) is 0 Å². The van der Waals surface area contributed by atoms with Crippen LogP contribution in [0.1, 0.15) is 33.1 Å². The summed E-state index contributed by atoms with van der Waals surface area (Å²) in [6.45, 7) is 5.89. The molecule has 12 heavy (non-hydrogen) atoms. The molecule has 1 aliphatic rings. The highest BCUT2D eigenvalue weighted by Gasteiger charge is 2.26. The van der Waals surface area contributed by atoms with Gasteiger partial charge in [0.1, 0.15) is 0 Å². The Balaban J connectivity index is 2.30. The fourth-order valence-corrected chi connectivity index (χ4v) is 1.82. The number of nitrogens with zero attached hydrogens (tertiary/aromatic N) is 1. The van der Waals surface area contributed by atoms with Gasteiger partial charge in [-0.3, -0.25) is 4.90 Å². The van der Waals surface area contributed by atoms with E-state index in [1.165, 1.54) is 25.8 Å². The lowest BCUT2D eigenvalue weighted by Crippen LogP contribution is -2.42. The molecule has 1 rings (SSSR count). The van der Waals surface area contributed by atoms with Crippen LogP contribution in [-0.4, -0.2) is 29.6 Å². The molecule has 0 unspecified atom stereocenters. The van der Waals surface area contributed by atoms with Crippen LogP contribution in [0.3, 0.4) is 0 Å². The van der Waals surface area contributed by atoms with Crippen LogP contribution in [0.25, 0.3) is 0 Å². The highest BCUT2D eigenvalue weighted by molar-refractivity contribution is 7.99. The van der Waals surface area contributed by atoms with E-state index in [1.807, 2.05) is 11.8 Å². The summed E-state index contributed by atoms with van der Waals surface area (Å²) in [5, 5.41) is 0. The lowest BCUT2D eigenvalue weighted by molar-refractivity contribution is 0.161. The topological polar surface area (TPSA) is 3.24 Å². The summed E-state index contributed by atoms with van der Waals surface area (Å²) < 4.78 is 0. The first-order valence-electron chi connectivity index (χ1n) is 4.82. The van der Waals surface area contributed by atoms with Gasteiger partial charge in [-0.25, -0.2) is 0 Å². The molecule has 0 aromatic rings. The standard InChI is InChI=1S/C10H21NS/c1-10(2,12-4)11(3)8-9-6-5-7-9/h9H,5-8H2,1-4H3. The summed E-state index contributed by atoms with van der Waals surface area (Å²) in [6.07, 6.45) is 6.55. The molecule has 1 saturated carbocycles. The van der Waals surface area contributed by atoms with E-state index in [0.29, 0.717) is 4.87 Å². The van der Waals surface area contributed by atoms with E-state index in [2.05, 4.69) is 32.1 Å². The van der Waals surface area contributed by atoms with Crippen LogP contribution in [0.5, 0.6) is 0 Å². The van der Waals surface area contributed by atoms with Crippen molar-refractivity contribution in [2.24, 2.45) is 5.92 Å². The zero-order chi connectivity index (χ0) is 9.19. The normalized spacial score (nSPS) is 19.8. The molecule has 1 nitrogen and oxygen atoms in total. The molecule has 0 N–H and O–H groups in total. The van der Waals surface area contributed by atoms with E-state index in [1.54, 1.807) is 0 Å². The van der Waals surface area contributed by atoms with E-state index in [9.17, 15) is 0 Å². The molecule has 0 bridgehead atoms. The van der Waals surface area contributed by atoms with Gasteiger partial charge in [0.2, 0.25) is 0 Å². The highest BCUT2D eigenvalue weighted by atomic mass is 32.2. The second-order valence-electron chi connectivity index (χ2n) is 4.33. The number of hydrogen-bond acceptors (Lipinski definition) is 2. The summed E-state index contributed by atoms with van der Waals surface area (Å²) in [5.74, 6) is 0.987. The second-order valence-corrected chi connectivity index (χ2v) is 5.74. The molecule has 0 aliphatic heterocycles. The van der Waals surface area contributed by atoms with E-state index in [0.717, 1.165) is 5.92 Å². The zero-order valence-corrected chi connectivity index (χ0v) is 9.58. The second kappa shape index (κ2) is 4.01. The van der Waals surface area contributed by atoms with E-state index >= 15 is 0 Å². The molecule has 0 atom stereocenters. The fourth-order valence-electron chi connectivity index (χ4n) is 1.44. The highest BCUT2D eigenvalue weighted by Crippen LogP contribution is 2.31. The van der Waals surface area contributed by atoms with Gasteiger partial charge in [-0.05, 0) is 45.9 Å². The van der Waals surface area contributed by atoms with Crippen molar-refractivity contribution in [3.05, 3.63) is 0 Å². The summed E-state index contributed by atoms with van der Waals surface area (Å²) in [4.78, 5) is 2.80. The monoisotopic (exact) mass is 187 g/mol. The first kappa shape index (κ1) is 10.4. The van der Waals surface area contributed by atoms with Gasteiger partial charge in [-0.1, -0.05) is 6.42 Å². The fraction of sp³-hybridized carbons (Fsp3) is 1.00. The van der Waals surface area contributed by atoms with Gasteiger partial charge in [-0.15, -0.1) is 11.8 Å². The van der Waals surface area contributed by atoms with E-state index in [-0.39, 0.29) is 0 Å². The molecule has 1 fully saturated rings. The van der Waals surface area contributed by atoms with Crippen molar-refractivity contribution in [1.82, 2.24) is 4.90 Å². The van der Waals surface area contributed by atoms with Gasteiger partial charge in [0, 0.05) is 6.54 Å². The SMILES string of the molecule is CSC(C)(C)N(C)CC1CCC1. The molecule has 0 amide bonds. The minimum Gasteiger partial charge on any atom is -0.292 e. The average molecular weight is 187 g/mol. The maximum Gasteiger partial charge on any atom is 0.0607 e. The third-order valence-electron chi connectivity index (χ3n) is 3.18. The third-order valence-corrected chi connectivity index (χ3v) is 4.49. The molecule has 0 spiro atoms. The van der Waals surface area contributed by atoms with Crippen molar-refractivity contribution in [3.8, 4) is 0 Å². The molecule has 0 saturated heterocycles. The smallest absolute Gasteiger partial charge is 0.0607 e. The largest absolute Gasteiger partial charge is 0.292 e. The summed E-state index contributed by atoms with van der Waals surface area (Å²) in [5.41, 5.74) is 0. The quantitative estimate of drug-likeness (QED) is 0.623. The Labute approximate surface area is 80.9 Å². The molecule has 0 aromatic heterocycles. The average Bonchev–Trinajstić information content (AvgIpc) is 1.96. The number of hydrogen-bond donors (Lipinski definition) is 0. The van der Waals surface area contributed by atoms with E-state index < -0.39 is 0 Å². The maximum atomic E-state index is 2.49. The molecule has 72 valence electrons. The number of rotatable bonds is 4. The van der Waals surface area contributed by atoms with Crippen molar-refractivity contribution < 1.29 is 0 Å². The molecular weight excluding hydrogens is 166 g/mol. The summed E-state index contributed by atoms with van der Waals surface area (Å²) in [7, 11) is 2.24. The number of thioether (sulfide) groups is 1. The van der Waals surface area contributed by atoms with Gasteiger partial charge in [0.15, 0.2) is 0 Å². The van der Waals surface area contributed by atoms with Crippen molar-refractivity contribution in [3.63, 3.8) is 0 Å². The van der Waals surface area contributed by atoms with E-state index in [4.69, 9.17) is 0 Å². The Morgan fingerprint density at radius 1 is 1.42 bits per heavy atom. The van der Waals surface area contributed by atoms with Crippen LogP contribution in [0.15, 0.2) is 0 Å². The Morgan fingerprint density at radius 3 is 2.33 bits per heavy atom. The molecule has 1 aliphatic carbocycles. The zero-order valence-electron chi connectivity index (χ0n) is 8.76. The van der Waals surface area contributed by atoms with Crippen molar-refractivity contribution in [1.29, 1.82) is 0 Å². The Kier molecular flexibility index (Phi) is 3.47. The molecule has 0 aromatic carbocycles. The first-order chi connectivity index (χ1) is 5.56. The molecule has 2 heteroatoms. The van der Waals surface area contributed by atoms with Crippen molar-refractivity contribution in [2.75, 3.05) is 19.8 Å². The van der Waals surface area contributed by atoms with Crippen LogP contribution in [-0.2, 0) is 0 Å². The lowest BCUT2D eigenvalue weighted by atomic mass is 9.85. The van der Waals surface area contributed by atoms with Crippen LogP contribution in [0, 0.1) is 5.92 Å². The van der Waals surface area contributed by atoms with Gasteiger partial charge in [0.25, 0.3) is 0 Å². The first-order valence-corrected chi connectivity index (χ1v) is 6.05. The molecular formula is C10H21NS. The predicted molar refractivity (Wildman–Crippen MR) is 57.6 cm³/mol. The predicted octanol–water partition coefficient (Wildman–Crippen LogP) is 2.82. The van der Waals surface area contributed by atoms with Crippen molar-refractivity contribution in [2.45, 2.75) is 38.0 Å². The Hall–Kier alpha value is 0.310. The summed E-state index contributed by atoms with van der Waals surface area (Å²) in [6, 6.07) is 0. The van der Waals surface area contributed by atoms with Gasteiger partial charge < -0.3 is 0 Å². The van der Waals surface area contributed by atoms with Crippen LogP contribution >= 0.6 is 11.8 Å². The third kappa shape index (κ3) is 2.40. The molecule has 0 heterocycles. The van der Waals surface area contributed by atoms with Gasteiger partial charge in [0.05, 0.1) is 4.87 Å². The van der Waals surface area contributed by atoms with Gasteiger partial charge >= 0.3 is 0 Å². The minimum atomic E-state index is 0.315. The minimum absolute atomic E-state index is 0.315. The van der Waals surface area contributed by atoms with Crippen LogP contribution < -0.4 is 0 Å². The summed E-state index contributed by atoms with van der Waals surface area (Å²) >= 11 is 1.94. The van der Waals surface area contributed by atoms with Gasteiger partial charge in [-0.2, -0.15) is 0 Å². The Bertz CT molecular complexity index is 141. The van der Waals surface area contributed by atoms with Crippen LogP contribution in [0.4, 0.5) is 0 Å². The Morgan fingerprint density at radius 2 is 2.00 bits per heavy atom. The maximum absolute atomic E-state index is 2.49.